The zero-order valence-corrected chi connectivity index (χ0v) is 9.10. The van der Waals surface area contributed by atoms with E-state index in [9.17, 15) is 0 Å². The van der Waals surface area contributed by atoms with Gasteiger partial charge in [0, 0.05) is 6.04 Å². The summed E-state index contributed by atoms with van der Waals surface area (Å²) in [5, 5.41) is 3.45. The molecule has 1 spiro atoms. The summed E-state index contributed by atoms with van der Waals surface area (Å²) in [5.74, 6) is 1.05. The molecule has 1 heteroatoms. The molecule has 3 atom stereocenters. The number of nitrogens with one attached hydrogen (secondary N) is 1. The maximum absolute atomic E-state index is 3.45. The van der Waals surface area contributed by atoms with Crippen LogP contribution in [-0.4, -0.2) is 13.1 Å². The molecule has 0 saturated heterocycles. The summed E-state index contributed by atoms with van der Waals surface area (Å²) >= 11 is 0. The Morgan fingerprint density at radius 1 is 1.23 bits per heavy atom. The molecule has 2 aliphatic rings. The first kappa shape index (κ1) is 9.51. The lowest BCUT2D eigenvalue weighted by molar-refractivity contribution is 0.285. The zero-order valence-electron chi connectivity index (χ0n) is 9.10. The van der Waals surface area contributed by atoms with Gasteiger partial charge in [0.2, 0.25) is 0 Å². The predicted molar refractivity (Wildman–Crippen MR) is 56.8 cm³/mol. The molecular weight excluding hydrogens is 158 g/mol. The Hall–Kier alpha value is -0.0400. The van der Waals surface area contributed by atoms with E-state index in [1.165, 1.54) is 44.9 Å². The summed E-state index contributed by atoms with van der Waals surface area (Å²) < 4.78 is 0. The third-order valence-corrected chi connectivity index (χ3v) is 4.49. The van der Waals surface area contributed by atoms with Crippen LogP contribution in [0.25, 0.3) is 0 Å². The molecule has 0 heterocycles. The van der Waals surface area contributed by atoms with Crippen molar-refractivity contribution in [3.63, 3.8) is 0 Å². The van der Waals surface area contributed by atoms with Gasteiger partial charge in [-0.05, 0) is 56.9 Å². The maximum Gasteiger partial charge on any atom is 0.00695 e. The van der Waals surface area contributed by atoms with Crippen molar-refractivity contribution in [3.8, 4) is 0 Å². The van der Waals surface area contributed by atoms with Crippen LogP contribution in [0.15, 0.2) is 0 Å². The minimum Gasteiger partial charge on any atom is -0.317 e. The van der Waals surface area contributed by atoms with Gasteiger partial charge >= 0.3 is 0 Å². The Labute approximate surface area is 82.3 Å². The van der Waals surface area contributed by atoms with Crippen LogP contribution in [-0.2, 0) is 0 Å². The van der Waals surface area contributed by atoms with Crippen molar-refractivity contribution in [1.29, 1.82) is 0 Å². The predicted octanol–water partition coefficient (Wildman–Crippen LogP) is 2.95. The van der Waals surface area contributed by atoms with Gasteiger partial charge in [-0.3, -0.25) is 0 Å². The van der Waals surface area contributed by atoms with Crippen molar-refractivity contribution >= 4 is 0 Å². The molecule has 2 fully saturated rings. The van der Waals surface area contributed by atoms with Crippen LogP contribution in [0.1, 0.15) is 51.9 Å². The lowest BCUT2D eigenvalue weighted by Crippen LogP contribution is -2.23. The fraction of sp³-hybridized carbons (Fsp3) is 1.00. The van der Waals surface area contributed by atoms with Crippen LogP contribution < -0.4 is 5.32 Å². The molecule has 0 radical (unpaired) electrons. The maximum atomic E-state index is 3.45. The molecule has 0 aromatic rings. The zero-order chi connectivity index (χ0) is 9.31. The minimum absolute atomic E-state index is 0.772. The Kier molecular flexibility index (Phi) is 2.64. The van der Waals surface area contributed by atoms with Crippen LogP contribution in [0.3, 0.4) is 0 Å². The van der Waals surface area contributed by atoms with E-state index in [1.54, 1.807) is 0 Å². The topological polar surface area (TPSA) is 12.0 Å². The van der Waals surface area contributed by atoms with Crippen molar-refractivity contribution in [1.82, 2.24) is 5.32 Å². The summed E-state index contributed by atoms with van der Waals surface area (Å²) in [4.78, 5) is 0. The van der Waals surface area contributed by atoms with Crippen LogP contribution in [0.2, 0.25) is 0 Å². The molecule has 2 aliphatic carbocycles. The smallest absolute Gasteiger partial charge is 0.00695 e. The Bertz CT molecular complexity index is 156. The molecule has 0 aromatic carbocycles. The molecule has 0 bridgehead atoms. The van der Waals surface area contributed by atoms with Crippen LogP contribution in [0, 0.1) is 11.3 Å². The summed E-state index contributed by atoms with van der Waals surface area (Å²) in [6.45, 7) is 2.36. The second-order valence-corrected chi connectivity index (χ2v) is 5.25. The fourth-order valence-electron chi connectivity index (χ4n) is 3.54. The van der Waals surface area contributed by atoms with Crippen molar-refractivity contribution in [2.75, 3.05) is 7.05 Å². The van der Waals surface area contributed by atoms with Gasteiger partial charge in [0.05, 0.1) is 0 Å². The Balaban J connectivity index is 1.93. The van der Waals surface area contributed by atoms with Crippen molar-refractivity contribution in [3.05, 3.63) is 0 Å². The highest BCUT2D eigenvalue weighted by molar-refractivity contribution is 4.96. The highest BCUT2D eigenvalue weighted by atomic mass is 14.9. The SMILES string of the molecule is CCC1CCC2(CCC(NC)C2)C1. The first-order valence-electron chi connectivity index (χ1n) is 5.95. The van der Waals surface area contributed by atoms with E-state index in [0.717, 1.165) is 17.4 Å². The molecule has 2 rings (SSSR count). The third-order valence-electron chi connectivity index (χ3n) is 4.49. The largest absolute Gasteiger partial charge is 0.317 e. The second kappa shape index (κ2) is 3.61. The van der Waals surface area contributed by atoms with E-state index >= 15 is 0 Å². The monoisotopic (exact) mass is 181 g/mol. The van der Waals surface area contributed by atoms with Crippen molar-refractivity contribution in [2.45, 2.75) is 57.9 Å². The molecule has 0 aromatic heterocycles. The number of rotatable bonds is 2. The van der Waals surface area contributed by atoms with E-state index in [4.69, 9.17) is 0 Å². The molecule has 2 saturated carbocycles. The molecular formula is C12H23N. The normalized spacial score (nSPS) is 44.8. The highest BCUT2D eigenvalue weighted by Gasteiger charge is 2.43. The van der Waals surface area contributed by atoms with E-state index < -0.39 is 0 Å². The average molecular weight is 181 g/mol. The summed E-state index contributed by atoms with van der Waals surface area (Å²) in [7, 11) is 2.12. The minimum atomic E-state index is 0.772. The lowest BCUT2D eigenvalue weighted by atomic mass is 9.83. The number of hydrogen-bond donors (Lipinski definition) is 1. The molecule has 1 nitrogen and oxygen atoms in total. The van der Waals surface area contributed by atoms with Crippen LogP contribution in [0.5, 0.6) is 0 Å². The van der Waals surface area contributed by atoms with Gasteiger partial charge in [-0.1, -0.05) is 13.3 Å². The second-order valence-electron chi connectivity index (χ2n) is 5.25. The van der Waals surface area contributed by atoms with Crippen molar-refractivity contribution < 1.29 is 0 Å². The highest BCUT2D eigenvalue weighted by Crippen LogP contribution is 2.53. The number of hydrogen-bond acceptors (Lipinski definition) is 1. The molecule has 3 unspecified atom stereocenters. The van der Waals surface area contributed by atoms with Gasteiger partial charge in [-0.2, -0.15) is 0 Å². The Morgan fingerprint density at radius 2 is 2.00 bits per heavy atom. The van der Waals surface area contributed by atoms with Crippen molar-refractivity contribution in [2.24, 2.45) is 11.3 Å². The average Bonchev–Trinajstić information content (AvgIpc) is 2.74. The fourth-order valence-corrected chi connectivity index (χ4v) is 3.54. The van der Waals surface area contributed by atoms with Gasteiger partial charge in [0.15, 0.2) is 0 Å². The lowest BCUT2D eigenvalue weighted by Gasteiger charge is -2.23. The van der Waals surface area contributed by atoms with E-state index in [-0.39, 0.29) is 0 Å². The molecule has 0 aliphatic heterocycles. The first-order valence-corrected chi connectivity index (χ1v) is 5.95. The van der Waals surface area contributed by atoms with E-state index in [2.05, 4.69) is 19.3 Å². The van der Waals surface area contributed by atoms with Gasteiger partial charge in [-0.25, -0.2) is 0 Å². The van der Waals surface area contributed by atoms with Crippen LogP contribution >= 0.6 is 0 Å². The summed E-state index contributed by atoms with van der Waals surface area (Å²) in [5.41, 5.74) is 0.772. The standard InChI is InChI=1S/C12H23N/c1-3-10-4-6-12(8-10)7-5-11(9-12)13-2/h10-11,13H,3-9H2,1-2H3. The van der Waals surface area contributed by atoms with Gasteiger partial charge in [0.1, 0.15) is 0 Å². The van der Waals surface area contributed by atoms with Crippen LogP contribution in [0.4, 0.5) is 0 Å². The quantitative estimate of drug-likeness (QED) is 0.690. The Morgan fingerprint density at radius 3 is 2.54 bits per heavy atom. The summed E-state index contributed by atoms with van der Waals surface area (Å²) in [6, 6.07) is 0.829. The van der Waals surface area contributed by atoms with Gasteiger partial charge < -0.3 is 5.32 Å². The molecule has 13 heavy (non-hydrogen) atoms. The third kappa shape index (κ3) is 1.76. The summed E-state index contributed by atoms with van der Waals surface area (Å²) in [6.07, 6.45) is 10.3. The molecule has 76 valence electrons. The van der Waals surface area contributed by atoms with Gasteiger partial charge in [-0.15, -0.1) is 0 Å². The van der Waals surface area contributed by atoms with Gasteiger partial charge in [0.25, 0.3) is 0 Å². The van der Waals surface area contributed by atoms with E-state index in [1.807, 2.05) is 0 Å². The molecule has 1 N–H and O–H groups in total. The van der Waals surface area contributed by atoms with E-state index in [0.29, 0.717) is 0 Å². The molecule has 0 amide bonds. The first-order chi connectivity index (χ1) is 6.28.